The molecule has 0 saturated carbocycles. The first kappa shape index (κ1) is 19.3. The minimum Gasteiger partial charge on any atom is -0.363 e. The summed E-state index contributed by atoms with van der Waals surface area (Å²) in [5.41, 5.74) is 1.14. The van der Waals surface area contributed by atoms with E-state index < -0.39 is 11.9 Å². The summed E-state index contributed by atoms with van der Waals surface area (Å²) in [6.07, 6.45) is 7.81. The molecule has 1 aromatic carbocycles. The maximum absolute atomic E-state index is 12.2. The number of carbonyl (C=O) groups excluding carboxylic acids is 1. The smallest absolute Gasteiger partial charge is 0.253 e. The number of allylic oxidation sites excluding steroid dienone is 2. The number of nitrogens with one attached hydrogen (secondary N) is 2. The summed E-state index contributed by atoms with van der Waals surface area (Å²) in [7, 11) is 0. The Morgan fingerprint density at radius 3 is 2.96 bits per heavy atom. The zero-order valence-electron chi connectivity index (χ0n) is 14.2. The van der Waals surface area contributed by atoms with Gasteiger partial charge in [0.25, 0.3) is 5.91 Å². The van der Waals surface area contributed by atoms with Crippen molar-refractivity contribution in [3.63, 3.8) is 0 Å². The van der Waals surface area contributed by atoms with Crippen molar-refractivity contribution in [2.24, 2.45) is 5.18 Å². The zero-order valence-corrected chi connectivity index (χ0v) is 15.7. The van der Waals surface area contributed by atoms with Gasteiger partial charge in [-0.05, 0) is 23.8 Å². The first-order valence-electron chi connectivity index (χ1n) is 8.32. The summed E-state index contributed by atoms with van der Waals surface area (Å²) in [4.78, 5) is 32.0. The van der Waals surface area contributed by atoms with Gasteiger partial charge in [0.1, 0.15) is 12.1 Å². The van der Waals surface area contributed by atoms with Gasteiger partial charge < -0.3 is 10.6 Å². The standard InChI is InChI=1S/C18H17Cl2N5O2/c19-6-7-21-18(26)16(25-27)11-4-5-15-14(8-11)17(23-10-22-15)24-13-3-1-2-12(20)9-13/h1-5,8,10,13,16H,6-7,9H2,(H,21,26)(H,22,23,24). The summed E-state index contributed by atoms with van der Waals surface area (Å²) in [5, 5.41) is 10.3. The molecule has 1 amide bonds. The Bertz CT molecular complexity index is 916. The number of amides is 1. The van der Waals surface area contributed by atoms with Crippen LogP contribution in [0.15, 0.2) is 53.0 Å². The molecule has 0 saturated heterocycles. The van der Waals surface area contributed by atoms with Crippen molar-refractivity contribution >= 4 is 45.8 Å². The van der Waals surface area contributed by atoms with E-state index in [-0.39, 0.29) is 18.5 Å². The molecular formula is C18H17Cl2N5O2. The molecule has 2 aromatic rings. The Hall–Kier alpha value is -2.51. The number of hydrogen-bond donors (Lipinski definition) is 2. The minimum atomic E-state index is -1.17. The van der Waals surface area contributed by atoms with Crippen LogP contribution in [0.1, 0.15) is 18.0 Å². The molecule has 0 aliphatic heterocycles. The molecule has 140 valence electrons. The Kier molecular flexibility index (Phi) is 6.36. The van der Waals surface area contributed by atoms with Gasteiger partial charge in [0.15, 0.2) is 6.04 Å². The first-order chi connectivity index (χ1) is 13.1. The molecule has 1 heterocycles. The number of nitrogens with zero attached hydrogens (tertiary/aromatic N) is 3. The van der Waals surface area contributed by atoms with E-state index in [0.717, 1.165) is 5.03 Å². The molecule has 7 nitrogen and oxygen atoms in total. The van der Waals surface area contributed by atoms with Crippen LogP contribution in [0, 0.1) is 4.91 Å². The number of alkyl halides is 1. The lowest BCUT2D eigenvalue weighted by Gasteiger charge is -2.19. The maximum atomic E-state index is 12.2. The summed E-state index contributed by atoms with van der Waals surface area (Å²) in [6, 6.07) is 3.90. The van der Waals surface area contributed by atoms with E-state index in [1.807, 2.05) is 18.2 Å². The second-order valence-electron chi connectivity index (χ2n) is 5.94. The van der Waals surface area contributed by atoms with Gasteiger partial charge in [0, 0.05) is 29.3 Å². The van der Waals surface area contributed by atoms with Crippen LogP contribution < -0.4 is 10.6 Å². The Balaban J connectivity index is 1.91. The molecule has 0 radical (unpaired) electrons. The zero-order chi connectivity index (χ0) is 19.2. The van der Waals surface area contributed by atoms with Crippen molar-refractivity contribution in [2.45, 2.75) is 18.5 Å². The van der Waals surface area contributed by atoms with Crippen LogP contribution >= 0.6 is 23.2 Å². The van der Waals surface area contributed by atoms with Crippen molar-refractivity contribution in [3.8, 4) is 0 Å². The van der Waals surface area contributed by atoms with Crippen molar-refractivity contribution in [3.05, 3.63) is 58.3 Å². The highest BCUT2D eigenvalue weighted by atomic mass is 35.5. The number of fused-ring (bicyclic) bond motifs is 1. The molecule has 3 rings (SSSR count). The van der Waals surface area contributed by atoms with Crippen molar-refractivity contribution in [1.82, 2.24) is 15.3 Å². The lowest BCUT2D eigenvalue weighted by molar-refractivity contribution is -0.122. The van der Waals surface area contributed by atoms with Gasteiger partial charge >= 0.3 is 0 Å². The molecule has 0 spiro atoms. The monoisotopic (exact) mass is 405 g/mol. The number of rotatable bonds is 7. The normalized spacial score (nSPS) is 17.3. The predicted molar refractivity (Wildman–Crippen MR) is 107 cm³/mol. The molecule has 9 heteroatoms. The van der Waals surface area contributed by atoms with Gasteiger partial charge in [-0.3, -0.25) is 4.79 Å². The molecule has 1 aliphatic carbocycles. The molecule has 2 unspecified atom stereocenters. The van der Waals surface area contributed by atoms with E-state index in [0.29, 0.717) is 28.7 Å². The lowest BCUT2D eigenvalue weighted by Crippen LogP contribution is -2.29. The highest BCUT2D eigenvalue weighted by Crippen LogP contribution is 2.27. The molecular weight excluding hydrogens is 389 g/mol. The average molecular weight is 406 g/mol. The summed E-state index contributed by atoms with van der Waals surface area (Å²) in [5.74, 6) is 0.347. The first-order valence-corrected chi connectivity index (χ1v) is 9.24. The van der Waals surface area contributed by atoms with E-state index in [4.69, 9.17) is 23.2 Å². The molecule has 27 heavy (non-hydrogen) atoms. The van der Waals surface area contributed by atoms with Gasteiger partial charge in [-0.25, -0.2) is 9.97 Å². The highest BCUT2D eigenvalue weighted by molar-refractivity contribution is 6.29. The van der Waals surface area contributed by atoms with Crippen molar-refractivity contribution in [2.75, 3.05) is 17.7 Å². The maximum Gasteiger partial charge on any atom is 0.253 e. The van der Waals surface area contributed by atoms with E-state index in [2.05, 4.69) is 25.8 Å². The fourth-order valence-electron chi connectivity index (χ4n) is 2.80. The highest BCUT2D eigenvalue weighted by Gasteiger charge is 2.22. The largest absolute Gasteiger partial charge is 0.363 e. The second kappa shape index (κ2) is 8.92. The molecule has 0 fully saturated rings. The molecule has 1 aliphatic rings. The van der Waals surface area contributed by atoms with Crippen LogP contribution in [-0.2, 0) is 4.79 Å². The van der Waals surface area contributed by atoms with Gasteiger partial charge in [0.05, 0.1) is 11.6 Å². The fraction of sp³-hybridized carbons (Fsp3) is 0.278. The van der Waals surface area contributed by atoms with Crippen LogP contribution in [-0.4, -0.2) is 34.3 Å². The van der Waals surface area contributed by atoms with Crippen molar-refractivity contribution < 1.29 is 4.79 Å². The summed E-state index contributed by atoms with van der Waals surface area (Å²) in [6.45, 7) is 0.262. The van der Waals surface area contributed by atoms with Gasteiger partial charge in [0.2, 0.25) is 0 Å². The predicted octanol–water partition coefficient (Wildman–Crippen LogP) is 3.66. The molecule has 1 aromatic heterocycles. The van der Waals surface area contributed by atoms with E-state index in [9.17, 15) is 9.70 Å². The van der Waals surface area contributed by atoms with Crippen LogP contribution in [0.3, 0.4) is 0 Å². The Morgan fingerprint density at radius 1 is 1.37 bits per heavy atom. The quantitative estimate of drug-likeness (QED) is 0.541. The molecule has 2 N–H and O–H groups in total. The van der Waals surface area contributed by atoms with E-state index in [1.165, 1.54) is 6.33 Å². The average Bonchev–Trinajstić information content (AvgIpc) is 2.67. The number of halogens is 2. The third-order valence-corrected chi connectivity index (χ3v) is 4.55. The Labute approximate surface area is 165 Å². The SMILES string of the molecule is O=NC(C(=O)NCCCl)c1ccc2ncnc(NC3C=CC=C(Cl)C3)c2c1. The van der Waals surface area contributed by atoms with Crippen LogP contribution in [0.2, 0.25) is 0 Å². The number of carbonyl (C=O) groups is 1. The summed E-state index contributed by atoms with van der Waals surface area (Å²) < 4.78 is 0. The molecule has 2 atom stereocenters. The second-order valence-corrected chi connectivity index (χ2v) is 6.80. The van der Waals surface area contributed by atoms with Crippen LogP contribution in [0.4, 0.5) is 5.82 Å². The van der Waals surface area contributed by atoms with Crippen molar-refractivity contribution in [1.29, 1.82) is 0 Å². The van der Waals surface area contributed by atoms with E-state index >= 15 is 0 Å². The van der Waals surface area contributed by atoms with E-state index in [1.54, 1.807) is 18.2 Å². The topological polar surface area (TPSA) is 96.3 Å². The minimum absolute atomic E-state index is 0.0173. The number of hydrogen-bond acceptors (Lipinski definition) is 6. The fourth-order valence-corrected chi connectivity index (χ4v) is 3.14. The lowest BCUT2D eigenvalue weighted by atomic mass is 10.0. The number of aromatic nitrogens is 2. The third-order valence-electron chi connectivity index (χ3n) is 4.08. The van der Waals surface area contributed by atoms with Gasteiger partial charge in [-0.2, -0.15) is 0 Å². The number of nitroso groups, excluding NO2 is 1. The molecule has 0 bridgehead atoms. The third kappa shape index (κ3) is 4.61. The van der Waals surface area contributed by atoms with Gasteiger partial charge in [-0.15, -0.1) is 16.5 Å². The Morgan fingerprint density at radius 2 is 2.22 bits per heavy atom. The van der Waals surface area contributed by atoms with Crippen LogP contribution in [0.5, 0.6) is 0 Å². The number of anilines is 1. The van der Waals surface area contributed by atoms with Crippen LogP contribution in [0.25, 0.3) is 10.9 Å². The summed E-state index contributed by atoms with van der Waals surface area (Å²) >= 11 is 11.7. The van der Waals surface area contributed by atoms with Gasteiger partial charge in [-0.1, -0.05) is 35.0 Å². The number of benzene rings is 1.